The first-order chi connectivity index (χ1) is 8.46. The Morgan fingerprint density at radius 1 is 1.50 bits per heavy atom. The van der Waals surface area contributed by atoms with Crippen LogP contribution < -0.4 is 5.32 Å². The third-order valence-electron chi connectivity index (χ3n) is 3.54. The Balaban J connectivity index is 2.32. The molecule has 18 heavy (non-hydrogen) atoms. The van der Waals surface area contributed by atoms with Crippen LogP contribution in [0.3, 0.4) is 0 Å². The van der Waals surface area contributed by atoms with Crippen LogP contribution in [0.2, 0.25) is 0 Å². The van der Waals surface area contributed by atoms with E-state index in [0.29, 0.717) is 18.0 Å². The van der Waals surface area contributed by atoms with Crippen molar-refractivity contribution in [3.63, 3.8) is 0 Å². The van der Waals surface area contributed by atoms with Crippen molar-refractivity contribution < 1.29 is 8.42 Å². The van der Waals surface area contributed by atoms with Gasteiger partial charge in [-0.1, -0.05) is 0 Å². The summed E-state index contributed by atoms with van der Waals surface area (Å²) in [4.78, 5) is 0.406. The summed E-state index contributed by atoms with van der Waals surface area (Å²) < 4.78 is 28.5. The standard InChI is InChI=1S/C12H21N3O2S/c1-10-5-4-6-15(10)18(16,17)12-7-11(8-13-2)14(3)9-12/h7,9-10,13H,4-6,8H2,1-3H3. The minimum Gasteiger partial charge on any atom is -0.352 e. The molecule has 1 aliphatic heterocycles. The van der Waals surface area contributed by atoms with E-state index >= 15 is 0 Å². The molecule has 0 aliphatic carbocycles. The topological polar surface area (TPSA) is 54.3 Å². The van der Waals surface area contributed by atoms with E-state index < -0.39 is 10.0 Å². The van der Waals surface area contributed by atoms with Gasteiger partial charge in [0.05, 0.1) is 0 Å². The molecule has 0 saturated carbocycles. The number of hydrogen-bond donors (Lipinski definition) is 1. The molecule has 1 fully saturated rings. The van der Waals surface area contributed by atoms with E-state index in [9.17, 15) is 8.42 Å². The monoisotopic (exact) mass is 271 g/mol. The molecule has 2 rings (SSSR count). The van der Waals surface area contributed by atoms with Gasteiger partial charge < -0.3 is 9.88 Å². The Kier molecular flexibility index (Phi) is 3.79. The summed E-state index contributed by atoms with van der Waals surface area (Å²) in [6, 6.07) is 1.87. The van der Waals surface area contributed by atoms with Crippen LogP contribution in [0.4, 0.5) is 0 Å². The molecule has 1 aliphatic rings. The zero-order valence-corrected chi connectivity index (χ0v) is 12.0. The van der Waals surface area contributed by atoms with E-state index in [4.69, 9.17) is 0 Å². The highest BCUT2D eigenvalue weighted by atomic mass is 32.2. The third-order valence-corrected chi connectivity index (χ3v) is 5.52. The van der Waals surface area contributed by atoms with E-state index in [1.807, 2.05) is 25.6 Å². The summed E-state index contributed by atoms with van der Waals surface area (Å²) in [5.74, 6) is 0. The first-order valence-electron chi connectivity index (χ1n) is 6.28. The average Bonchev–Trinajstić information content (AvgIpc) is 2.87. The van der Waals surface area contributed by atoms with Crippen molar-refractivity contribution in [2.24, 2.45) is 7.05 Å². The lowest BCUT2D eigenvalue weighted by molar-refractivity contribution is 0.408. The predicted molar refractivity (Wildman–Crippen MR) is 70.8 cm³/mol. The Labute approximate surface area is 109 Å². The summed E-state index contributed by atoms with van der Waals surface area (Å²) in [6.45, 7) is 3.28. The van der Waals surface area contributed by atoms with E-state index in [2.05, 4.69) is 5.32 Å². The first-order valence-corrected chi connectivity index (χ1v) is 7.72. The Bertz CT molecular complexity index is 521. The van der Waals surface area contributed by atoms with E-state index in [1.165, 1.54) is 0 Å². The van der Waals surface area contributed by atoms with Gasteiger partial charge in [-0.05, 0) is 32.9 Å². The van der Waals surface area contributed by atoms with Gasteiger partial charge in [-0.15, -0.1) is 0 Å². The van der Waals surface area contributed by atoms with Gasteiger partial charge in [-0.25, -0.2) is 8.42 Å². The van der Waals surface area contributed by atoms with Crippen molar-refractivity contribution in [2.45, 2.75) is 37.2 Å². The second-order valence-corrected chi connectivity index (χ2v) is 6.81. The molecular formula is C12H21N3O2S. The van der Waals surface area contributed by atoms with Crippen LogP contribution in [0.15, 0.2) is 17.2 Å². The third kappa shape index (κ3) is 2.32. The van der Waals surface area contributed by atoms with E-state index in [1.54, 1.807) is 16.6 Å². The van der Waals surface area contributed by atoms with Crippen LogP contribution in [-0.2, 0) is 23.6 Å². The largest absolute Gasteiger partial charge is 0.352 e. The van der Waals surface area contributed by atoms with Crippen molar-refractivity contribution >= 4 is 10.0 Å². The minimum atomic E-state index is -3.32. The van der Waals surface area contributed by atoms with Gasteiger partial charge in [0.2, 0.25) is 10.0 Å². The molecule has 6 heteroatoms. The second-order valence-electron chi connectivity index (χ2n) is 4.92. The zero-order chi connectivity index (χ0) is 13.3. The number of hydrogen-bond acceptors (Lipinski definition) is 3. The van der Waals surface area contributed by atoms with Crippen molar-refractivity contribution in [3.05, 3.63) is 18.0 Å². The SMILES string of the molecule is CNCc1cc(S(=O)(=O)N2CCCC2C)cn1C. The highest BCUT2D eigenvalue weighted by molar-refractivity contribution is 7.89. The van der Waals surface area contributed by atoms with Gasteiger partial charge in [0.1, 0.15) is 4.90 Å². The second kappa shape index (κ2) is 5.03. The quantitative estimate of drug-likeness (QED) is 0.886. The van der Waals surface area contributed by atoms with Crippen LogP contribution in [-0.4, -0.2) is 36.9 Å². The van der Waals surface area contributed by atoms with E-state index in [0.717, 1.165) is 18.5 Å². The number of rotatable bonds is 4. The maximum absolute atomic E-state index is 12.5. The summed E-state index contributed by atoms with van der Waals surface area (Å²) >= 11 is 0. The molecule has 1 atom stereocenters. The predicted octanol–water partition coefficient (Wildman–Crippen LogP) is 0.917. The molecule has 1 saturated heterocycles. The lowest BCUT2D eigenvalue weighted by Gasteiger charge is -2.19. The maximum atomic E-state index is 12.5. The van der Waals surface area contributed by atoms with Crippen LogP contribution in [0.25, 0.3) is 0 Å². The van der Waals surface area contributed by atoms with Gasteiger partial charge in [0, 0.05) is 38.1 Å². The zero-order valence-electron chi connectivity index (χ0n) is 11.2. The van der Waals surface area contributed by atoms with Crippen LogP contribution in [0.1, 0.15) is 25.5 Å². The molecule has 1 unspecified atom stereocenters. The lowest BCUT2D eigenvalue weighted by atomic mass is 10.3. The Morgan fingerprint density at radius 3 is 2.78 bits per heavy atom. The Morgan fingerprint density at radius 2 is 2.22 bits per heavy atom. The molecule has 1 aromatic rings. The molecule has 0 aromatic carbocycles. The number of nitrogens with zero attached hydrogens (tertiary/aromatic N) is 2. The molecular weight excluding hydrogens is 250 g/mol. The summed E-state index contributed by atoms with van der Waals surface area (Å²) in [5, 5.41) is 3.04. The number of aryl methyl sites for hydroxylation is 1. The molecule has 0 spiro atoms. The molecule has 2 heterocycles. The van der Waals surface area contributed by atoms with Crippen LogP contribution in [0.5, 0.6) is 0 Å². The van der Waals surface area contributed by atoms with Crippen molar-refractivity contribution in [1.82, 2.24) is 14.2 Å². The molecule has 5 nitrogen and oxygen atoms in total. The fourth-order valence-corrected chi connectivity index (χ4v) is 4.27. The maximum Gasteiger partial charge on any atom is 0.244 e. The molecule has 102 valence electrons. The van der Waals surface area contributed by atoms with Gasteiger partial charge in [-0.3, -0.25) is 0 Å². The fraction of sp³-hybridized carbons (Fsp3) is 0.667. The summed E-state index contributed by atoms with van der Waals surface area (Å²) in [6.07, 6.45) is 3.61. The molecule has 0 amide bonds. The highest BCUT2D eigenvalue weighted by Gasteiger charge is 2.33. The van der Waals surface area contributed by atoms with Crippen LogP contribution in [0, 0.1) is 0 Å². The summed E-state index contributed by atoms with van der Waals surface area (Å²) in [5.41, 5.74) is 0.975. The van der Waals surface area contributed by atoms with Gasteiger partial charge >= 0.3 is 0 Å². The minimum absolute atomic E-state index is 0.114. The van der Waals surface area contributed by atoms with Gasteiger partial charge in [-0.2, -0.15) is 4.31 Å². The van der Waals surface area contributed by atoms with Gasteiger partial charge in [0.15, 0.2) is 0 Å². The molecule has 1 aromatic heterocycles. The molecule has 0 radical (unpaired) electrons. The van der Waals surface area contributed by atoms with E-state index in [-0.39, 0.29) is 6.04 Å². The number of sulfonamides is 1. The Hall–Kier alpha value is -0.850. The number of aromatic nitrogens is 1. The van der Waals surface area contributed by atoms with Crippen molar-refractivity contribution in [2.75, 3.05) is 13.6 Å². The normalized spacial score (nSPS) is 21.6. The fourth-order valence-electron chi connectivity index (χ4n) is 2.47. The lowest BCUT2D eigenvalue weighted by Crippen LogP contribution is -2.33. The smallest absolute Gasteiger partial charge is 0.244 e. The summed E-state index contributed by atoms with van der Waals surface area (Å²) in [7, 11) is 0.402. The van der Waals surface area contributed by atoms with Crippen LogP contribution >= 0.6 is 0 Å². The molecule has 0 bridgehead atoms. The average molecular weight is 271 g/mol. The first kappa shape index (κ1) is 13.6. The van der Waals surface area contributed by atoms with Crippen molar-refractivity contribution in [1.29, 1.82) is 0 Å². The van der Waals surface area contributed by atoms with Crippen molar-refractivity contribution in [3.8, 4) is 0 Å². The van der Waals surface area contributed by atoms with Gasteiger partial charge in [0.25, 0.3) is 0 Å². The number of nitrogens with one attached hydrogen (secondary N) is 1. The highest BCUT2D eigenvalue weighted by Crippen LogP contribution is 2.26. The molecule has 1 N–H and O–H groups in total.